The molecule has 3 aliphatic rings. The normalized spacial score (nSPS) is 34.4. The van der Waals surface area contributed by atoms with Crippen LogP contribution in [0.5, 0.6) is 0 Å². The van der Waals surface area contributed by atoms with Gasteiger partial charge in [-0.05, 0) is 38.3 Å². The van der Waals surface area contributed by atoms with Gasteiger partial charge in [-0.25, -0.2) is 4.79 Å². The van der Waals surface area contributed by atoms with Crippen molar-refractivity contribution >= 4 is 35.6 Å². The highest BCUT2D eigenvalue weighted by Crippen LogP contribution is 2.67. The van der Waals surface area contributed by atoms with Gasteiger partial charge in [0.25, 0.3) is 0 Å². The highest BCUT2D eigenvalue weighted by molar-refractivity contribution is 5.93. The summed E-state index contributed by atoms with van der Waals surface area (Å²) >= 11 is 0. The van der Waals surface area contributed by atoms with E-state index in [0.717, 1.165) is 20.8 Å². The van der Waals surface area contributed by atoms with Crippen molar-refractivity contribution in [2.45, 2.75) is 90.5 Å². The number of esters is 5. The molecule has 2 saturated carbocycles. The maximum absolute atomic E-state index is 14.4. The third-order valence-electron chi connectivity index (χ3n) is 8.48. The van der Waals surface area contributed by atoms with Crippen molar-refractivity contribution in [3.8, 4) is 0 Å². The number of fused-ring (bicyclic) bond motifs is 1. The Morgan fingerprint density at radius 3 is 1.95 bits per heavy atom. The third-order valence-corrected chi connectivity index (χ3v) is 8.48. The summed E-state index contributed by atoms with van der Waals surface area (Å²) in [6.07, 6.45) is -5.68. The minimum Gasteiger partial charge on any atom is -0.465 e. The maximum Gasteiger partial charge on any atom is 0.338 e. The van der Waals surface area contributed by atoms with Gasteiger partial charge in [-0.3, -0.25) is 24.0 Å². The lowest BCUT2D eigenvalue weighted by atomic mass is 9.47. The number of benzene rings is 1. The van der Waals surface area contributed by atoms with Gasteiger partial charge in [-0.15, -0.1) is 0 Å². The average molecular weight is 589 g/mol. The molecule has 8 atom stereocenters. The first-order valence-corrected chi connectivity index (χ1v) is 13.7. The van der Waals surface area contributed by atoms with Gasteiger partial charge in [0.2, 0.25) is 0 Å². The van der Waals surface area contributed by atoms with Crippen LogP contribution >= 0.6 is 0 Å². The molecule has 1 saturated heterocycles. The number of ketones is 1. The molecule has 228 valence electrons. The van der Waals surface area contributed by atoms with E-state index in [1.807, 2.05) is 0 Å². The number of carbonyl (C=O) groups is 6. The van der Waals surface area contributed by atoms with Gasteiger partial charge >= 0.3 is 29.8 Å². The molecule has 1 aromatic rings. The minimum atomic E-state index is -2.00. The summed E-state index contributed by atoms with van der Waals surface area (Å²) in [6.45, 7) is 8.91. The molecular formula is C30H36O12. The van der Waals surface area contributed by atoms with Gasteiger partial charge in [0.1, 0.15) is 29.8 Å². The molecule has 4 rings (SSSR count). The third kappa shape index (κ3) is 4.95. The van der Waals surface area contributed by atoms with Gasteiger partial charge in [0.15, 0.2) is 18.0 Å². The van der Waals surface area contributed by atoms with Crippen LogP contribution in [0.4, 0.5) is 0 Å². The zero-order chi connectivity index (χ0) is 31.2. The van der Waals surface area contributed by atoms with Gasteiger partial charge < -0.3 is 28.4 Å². The Labute approximate surface area is 243 Å². The van der Waals surface area contributed by atoms with Gasteiger partial charge in [-0.1, -0.05) is 25.1 Å². The summed E-state index contributed by atoms with van der Waals surface area (Å²) < 4.78 is 35.6. The van der Waals surface area contributed by atoms with Crippen molar-refractivity contribution in [1.29, 1.82) is 0 Å². The largest absolute Gasteiger partial charge is 0.465 e. The van der Waals surface area contributed by atoms with E-state index in [9.17, 15) is 28.8 Å². The molecular weight excluding hydrogens is 552 g/mol. The number of carbonyl (C=O) groups excluding carboxylic acids is 6. The lowest BCUT2D eigenvalue weighted by molar-refractivity contribution is -0.313. The van der Waals surface area contributed by atoms with Crippen LogP contribution < -0.4 is 0 Å². The Balaban J connectivity index is 2.02. The zero-order valence-corrected chi connectivity index (χ0v) is 24.7. The van der Waals surface area contributed by atoms with Crippen molar-refractivity contribution in [1.82, 2.24) is 0 Å². The van der Waals surface area contributed by atoms with E-state index in [-0.39, 0.29) is 12.0 Å². The van der Waals surface area contributed by atoms with E-state index in [4.69, 9.17) is 28.4 Å². The standard InChI is InChI=1S/C30H36O12/c1-15-13-21(41-27(36)20-11-9-8-10-12-20)24(38-17(3)32)29(14-37-16(2)31)26(40-19(5)34)23(35)22-25(39-18(4)33)30(15,29)42-28(22,6)7/h8-12,15,21-22,24-26H,13-14H2,1-7H3. The average Bonchev–Trinajstić information content (AvgIpc) is 3.08. The first kappa shape index (κ1) is 31.1. The molecule has 0 N–H and O–H groups in total. The first-order chi connectivity index (χ1) is 19.6. The molecule has 8 unspecified atom stereocenters. The van der Waals surface area contributed by atoms with E-state index >= 15 is 0 Å². The number of hydrogen-bond acceptors (Lipinski definition) is 12. The van der Waals surface area contributed by atoms with Gasteiger partial charge in [0, 0.05) is 27.7 Å². The molecule has 3 fully saturated rings. The number of ether oxygens (including phenoxy) is 6. The maximum atomic E-state index is 14.4. The predicted molar refractivity (Wildman–Crippen MR) is 142 cm³/mol. The molecule has 1 aromatic carbocycles. The van der Waals surface area contributed by atoms with E-state index in [2.05, 4.69) is 0 Å². The van der Waals surface area contributed by atoms with E-state index in [0.29, 0.717) is 0 Å². The van der Waals surface area contributed by atoms with E-state index < -0.39 is 95.1 Å². The Morgan fingerprint density at radius 1 is 0.833 bits per heavy atom. The van der Waals surface area contributed by atoms with Crippen LogP contribution in [0.2, 0.25) is 0 Å². The lowest BCUT2D eigenvalue weighted by Gasteiger charge is -2.62. The molecule has 0 radical (unpaired) electrons. The second-order valence-electron chi connectivity index (χ2n) is 11.7. The lowest BCUT2D eigenvalue weighted by Crippen LogP contribution is -2.80. The number of Topliss-reactive ketones (excluding diaryl/α,β-unsaturated/α-hetero) is 1. The molecule has 1 spiro atoms. The first-order valence-electron chi connectivity index (χ1n) is 13.7. The van der Waals surface area contributed by atoms with Crippen molar-refractivity contribution in [2.75, 3.05) is 6.61 Å². The SMILES string of the molecule is CC(=O)OCC12C(OC(C)=O)C(=O)C3C(OC(C)=O)C1(OC3(C)C)C(C)CC(OC(=O)c1ccccc1)C2OC(C)=O. The fraction of sp³-hybridized carbons (Fsp3) is 0.600. The predicted octanol–water partition coefficient (Wildman–Crippen LogP) is 2.34. The molecule has 42 heavy (non-hydrogen) atoms. The van der Waals surface area contributed by atoms with Gasteiger partial charge in [0.05, 0.1) is 17.1 Å². The molecule has 1 aliphatic heterocycles. The van der Waals surface area contributed by atoms with Crippen LogP contribution in [0.3, 0.4) is 0 Å². The van der Waals surface area contributed by atoms with Crippen LogP contribution in [-0.4, -0.2) is 77.9 Å². The number of hydrogen-bond donors (Lipinski definition) is 0. The zero-order valence-electron chi connectivity index (χ0n) is 24.7. The van der Waals surface area contributed by atoms with Crippen LogP contribution in [0, 0.1) is 17.3 Å². The molecule has 2 aliphatic carbocycles. The summed E-state index contributed by atoms with van der Waals surface area (Å²) in [5, 5.41) is 0. The summed E-state index contributed by atoms with van der Waals surface area (Å²) in [6, 6.07) is 8.11. The molecule has 2 bridgehead atoms. The second kappa shape index (κ2) is 11.1. The molecule has 12 heteroatoms. The highest BCUT2D eigenvalue weighted by Gasteiger charge is 2.85. The Kier molecular flexibility index (Phi) is 8.25. The van der Waals surface area contributed by atoms with Crippen LogP contribution in [0.1, 0.15) is 65.2 Å². The fourth-order valence-electron chi connectivity index (χ4n) is 7.24. The Morgan fingerprint density at radius 2 is 1.40 bits per heavy atom. The summed E-state index contributed by atoms with van der Waals surface area (Å²) in [5.41, 5.74) is -4.76. The van der Waals surface area contributed by atoms with Crippen molar-refractivity contribution in [3.63, 3.8) is 0 Å². The molecule has 0 amide bonds. The second-order valence-corrected chi connectivity index (χ2v) is 11.7. The summed E-state index contributed by atoms with van der Waals surface area (Å²) in [4.78, 5) is 77.6. The monoisotopic (exact) mass is 588 g/mol. The van der Waals surface area contributed by atoms with Crippen LogP contribution in [0.25, 0.3) is 0 Å². The Bertz CT molecular complexity index is 1290. The fourth-order valence-corrected chi connectivity index (χ4v) is 7.24. The topological polar surface area (TPSA) is 158 Å². The smallest absolute Gasteiger partial charge is 0.338 e. The number of rotatable bonds is 7. The molecule has 1 heterocycles. The van der Waals surface area contributed by atoms with Crippen molar-refractivity contribution in [2.24, 2.45) is 17.3 Å². The molecule has 12 nitrogen and oxygen atoms in total. The minimum absolute atomic E-state index is 0.0277. The van der Waals surface area contributed by atoms with Crippen LogP contribution in [0.15, 0.2) is 30.3 Å². The van der Waals surface area contributed by atoms with Crippen molar-refractivity contribution in [3.05, 3.63) is 35.9 Å². The molecule has 0 aromatic heterocycles. The van der Waals surface area contributed by atoms with Gasteiger partial charge in [-0.2, -0.15) is 0 Å². The Hall–Kier alpha value is -3.80. The summed E-state index contributed by atoms with van der Waals surface area (Å²) in [5.74, 6) is -6.32. The quantitative estimate of drug-likeness (QED) is 0.339. The van der Waals surface area contributed by atoms with E-state index in [1.165, 1.54) is 6.92 Å². The van der Waals surface area contributed by atoms with Crippen LogP contribution in [-0.2, 0) is 52.4 Å². The highest BCUT2D eigenvalue weighted by atomic mass is 16.6. The van der Waals surface area contributed by atoms with Crippen molar-refractivity contribution < 1.29 is 57.2 Å². The summed E-state index contributed by atoms with van der Waals surface area (Å²) in [7, 11) is 0. The van der Waals surface area contributed by atoms with E-state index in [1.54, 1.807) is 51.1 Å².